The number of aryl methyl sites for hydroxylation is 1. The highest BCUT2D eigenvalue weighted by Crippen LogP contribution is 2.52. The summed E-state index contributed by atoms with van der Waals surface area (Å²) >= 11 is 0. The third kappa shape index (κ3) is 9.42. The van der Waals surface area contributed by atoms with Crippen LogP contribution in [0.25, 0.3) is 72.1 Å². The van der Waals surface area contributed by atoms with E-state index in [4.69, 9.17) is 27.5 Å². The van der Waals surface area contributed by atoms with Gasteiger partial charge in [-0.25, -0.2) is 4.98 Å². The maximum Gasteiger partial charge on any atom is 0.137 e. The Morgan fingerprint density at radius 3 is 1.74 bits per heavy atom. The van der Waals surface area contributed by atoms with Crippen LogP contribution in [0.5, 0.6) is 11.5 Å². The molecule has 0 saturated carbocycles. The van der Waals surface area contributed by atoms with Crippen LogP contribution in [0.1, 0.15) is 102 Å². The SMILES string of the molecule is [2H]c1c([2H])c([2H])c(-c2ccc3c(c2)c2ccc(Oc4cccc(N5CN(c6c(-c7ccccc7)cc(C(C)(C)C)cc6-c6cc(C(C)(C)C)cc(C(C)(C)C)c6)c6ccccc65)c4)cc2n3-c2cc(C([2H])([2H])[2H])c(-c3c([2H])c([2H])c([2H])c([2H])c3[2H])cn2)c([2H])c1[2H]. The number of hydrogen-bond acceptors (Lipinski definition) is 4. The maximum absolute atomic E-state index is 8.85. The van der Waals surface area contributed by atoms with Crippen LogP contribution in [0.3, 0.4) is 0 Å². The van der Waals surface area contributed by atoms with E-state index in [0.29, 0.717) is 45.5 Å². The zero-order chi connectivity index (χ0) is 65.3. The van der Waals surface area contributed by atoms with Crippen molar-refractivity contribution >= 4 is 44.6 Å². The van der Waals surface area contributed by atoms with Crippen LogP contribution >= 0.6 is 0 Å². The van der Waals surface area contributed by atoms with Crippen LogP contribution in [0.2, 0.25) is 0 Å². The molecule has 5 heteroatoms. The van der Waals surface area contributed by atoms with Gasteiger partial charge >= 0.3 is 0 Å². The summed E-state index contributed by atoms with van der Waals surface area (Å²) in [5.74, 6) is 1.02. The van der Waals surface area contributed by atoms with E-state index < -0.39 is 55.2 Å². The van der Waals surface area contributed by atoms with Crippen LogP contribution in [0.4, 0.5) is 22.7 Å². The number of fused-ring (bicyclic) bond motifs is 4. The number of ether oxygens (including phenoxy) is 1. The largest absolute Gasteiger partial charge is 0.457 e. The van der Waals surface area contributed by atoms with E-state index in [-0.39, 0.29) is 56.4 Å². The molecule has 3 heterocycles. The van der Waals surface area contributed by atoms with Gasteiger partial charge in [-0.1, -0.05) is 196 Å². The number of nitrogens with zero attached hydrogens (tertiary/aromatic N) is 4. The van der Waals surface area contributed by atoms with E-state index in [1.165, 1.54) is 29.0 Å². The van der Waals surface area contributed by atoms with Gasteiger partial charge in [0.05, 0.1) is 41.8 Å². The normalized spacial score (nSPS) is 15.4. The lowest BCUT2D eigenvalue weighted by molar-refractivity contribution is 0.483. The van der Waals surface area contributed by atoms with Gasteiger partial charge < -0.3 is 14.5 Å². The number of rotatable bonds is 9. The molecule has 1 aliphatic rings. The van der Waals surface area contributed by atoms with E-state index in [1.807, 2.05) is 24.3 Å². The van der Waals surface area contributed by atoms with E-state index in [1.54, 1.807) is 34.9 Å². The van der Waals surface area contributed by atoms with E-state index in [0.717, 1.165) is 45.0 Å². The summed E-state index contributed by atoms with van der Waals surface area (Å²) < 4.78 is 120. The summed E-state index contributed by atoms with van der Waals surface area (Å²) in [4.78, 5) is 9.51. The van der Waals surface area contributed by atoms with Crippen LogP contribution < -0.4 is 14.5 Å². The fourth-order valence-corrected chi connectivity index (χ4v) is 10.6. The first-order chi connectivity index (χ1) is 42.8. The Bertz CT molecular complexity index is 4690. The Morgan fingerprint density at radius 1 is 0.462 bits per heavy atom. The summed E-state index contributed by atoms with van der Waals surface area (Å²) in [5, 5.41) is 1.19. The topological polar surface area (TPSA) is 33.5 Å². The standard InChI is InChI=1S/C73H68N4O/c1-48-37-69(74-46-64(48)51-27-18-13-19-28-51)77-65-36-33-52(49-23-14-11-15-24-49)40-63(65)60-35-34-59(45-68(60)77)78-58-30-22-29-57(44-58)75-47-76(67-32-21-20-31-66(67)75)70-61(50-25-16-12-17-26-50)42-56(73(8,9)10)43-62(70)53-38-54(71(2,3)4)41-55(39-53)72(5,6)7/h11-46H,47H2,1-10H3/i1D3,11D,13D,14D,15D,18D,19D,23D,24D,27D,28D. The van der Waals surface area contributed by atoms with Gasteiger partial charge in [-0.15, -0.1) is 0 Å². The smallest absolute Gasteiger partial charge is 0.137 e. The molecule has 0 aliphatic carbocycles. The highest BCUT2D eigenvalue weighted by atomic mass is 16.5. The summed E-state index contributed by atoms with van der Waals surface area (Å²) in [6.45, 7) is 18.0. The van der Waals surface area contributed by atoms with Gasteiger partial charge in [-0.05, 0) is 140 Å². The van der Waals surface area contributed by atoms with Crippen molar-refractivity contribution in [3.05, 3.63) is 241 Å². The molecule has 2 aromatic heterocycles. The van der Waals surface area contributed by atoms with E-state index in [2.05, 4.69) is 163 Å². The summed E-state index contributed by atoms with van der Waals surface area (Å²) in [5.41, 5.74) is 12.3. The molecule has 0 amide bonds. The minimum absolute atomic E-state index is 0.000688. The lowest BCUT2D eigenvalue weighted by Gasteiger charge is -2.31. The molecule has 1 aliphatic heterocycles. The maximum atomic E-state index is 8.85. The van der Waals surface area contributed by atoms with Crippen molar-refractivity contribution in [1.29, 1.82) is 0 Å². The molecule has 11 aromatic rings. The molecule has 0 atom stereocenters. The molecule has 0 spiro atoms. The average molecular weight is 1030 g/mol. The molecule has 5 nitrogen and oxygen atoms in total. The summed E-state index contributed by atoms with van der Waals surface area (Å²) in [6.07, 6.45) is 1.21. The highest BCUT2D eigenvalue weighted by Gasteiger charge is 2.34. The minimum Gasteiger partial charge on any atom is -0.457 e. The second-order valence-electron chi connectivity index (χ2n) is 23.3. The molecular weight excluding hydrogens is 949 g/mol. The Morgan fingerprint density at radius 2 is 1.08 bits per heavy atom. The number of para-hydroxylation sites is 2. The number of hydrogen-bond donors (Lipinski definition) is 0. The van der Waals surface area contributed by atoms with Gasteiger partial charge in [0, 0.05) is 55.6 Å². The Balaban J connectivity index is 0.999. The first-order valence-corrected chi connectivity index (χ1v) is 26.4. The Kier molecular flexibility index (Phi) is 9.25. The predicted octanol–water partition coefficient (Wildman–Crippen LogP) is 20.1. The lowest BCUT2D eigenvalue weighted by atomic mass is 9.77. The molecule has 0 bridgehead atoms. The molecule has 12 rings (SSSR count). The van der Waals surface area contributed by atoms with Crippen LogP contribution in [-0.2, 0) is 16.2 Å². The van der Waals surface area contributed by atoms with Crippen molar-refractivity contribution in [3.8, 4) is 61.8 Å². The third-order valence-corrected chi connectivity index (χ3v) is 14.8. The predicted molar refractivity (Wildman–Crippen MR) is 330 cm³/mol. The monoisotopic (exact) mass is 1030 g/mol. The van der Waals surface area contributed by atoms with Crippen LogP contribution in [0.15, 0.2) is 218 Å². The molecule has 0 N–H and O–H groups in total. The Labute approximate surface area is 479 Å². The molecule has 386 valence electrons. The molecule has 0 radical (unpaired) electrons. The van der Waals surface area contributed by atoms with Gasteiger partial charge in [0.25, 0.3) is 0 Å². The third-order valence-electron chi connectivity index (χ3n) is 14.8. The Hall–Kier alpha value is -8.67. The van der Waals surface area contributed by atoms with E-state index >= 15 is 0 Å². The quantitative estimate of drug-likeness (QED) is 0.144. The first-order valence-electron chi connectivity index (χ1n) is 32.9. The van der Waals surface area contributed by atoms with Gasteiger partial charge in [-0.2, -0.15) is 0 Å². The fourth-order valence-electron chi connectivity index (χ4n) is 10.6. The second kappa shape index (κ2) is 19.4. The highest BCUT2D eigenvalue weighted by molar-refractivity contribution is 6.11. The summed E-state index contributed by atoms with van der Waals surface area (Å²) in [7, 11) is 0. The first kappa shape index (κ1) is 37.2. The summed E-state index contributed by atoms with van der Waals surface area (Å²) in [6, 6.07) is 45.4. The van der Waals surface area contributed by atoms with E-state index in [9.17, 15) is 0 Å². The fraction of sp³-hybridized carbons (Fsp3) is 0.192. The molecular formula is C73H68N4O. The zero-order valence-corrected chi connectivity index (χ0v) is 45.4. The number of anilines is 4. The molecule has 78 heavy (non-hydrogen) atoms. The second-order valence-corrected chi connectivity index (χ2v) is 23.3. The van der Waals surface area contributed by atoms with Gasteiger partial charge in [0.2, 0.25) is 0 Å². The molecule has 0 unspecified atom stereocenters. The zero-order valence-electron chi connectivity index (χ0n) is 58.4. The number of pyridine rings is 1. The van der Waals surface area contributed by atoms with Crippen molar-refractivity contribution in [2.75, 3.05) is 16.5 Å². The number of benzene rings is 9. The van der Waals surface area contributed by atoms with Crippen LogP contribution in [0, 0.1) is 6.85 Å². The average Bonchev–Trinajstić information content (AvgIpc) is 1.76. The molecule has 0 saturated heterocycles. The molecule has 9 aromatic carbocycles. The van der Waals surface area contributed by atoms with Gasteiger partial charge in [-0.3, -0.25) is 4.57 Å². The van der Waals surface area contributed by atoms with Gasteiger partial charge in [0.15, 0.2) is 0 Å². The van der Waals surface area contributed by atoms with Crippen LogP contribution in [-0.4, -0.2) is 16.2 Å². The minimum atomic E-state index is -2.87. The lowest BCUT2D eigenvalue weighted by Crippen LogP contribution is -2.25. The van der Waals surface area contributed by atoms with Crippen molar-refractivity contribution in [1.82, 2.24) is 9.55 Å². The number of aromatic nitrogens is 2. The molecule has 0 fully saturated rings. The van der Waals surface area contributed by atoms with Gasteiger partial charge in [0.1, 0.15) is 24.0 Å². The van der Waals surface area contributed by atoms with Crippen molar-refractivity contribution < 1.29 is 22.6 Å². The van der Waals surface area contributed by atoms with Crippen molar-refractivity contribution in [3.63, 3.8) is 0 Å². The van der Waals surface area contributed by atoms with Crippen molar-refractivity contribution in [2.45, 2.75) is 85.4 Å². The van der Waals surface area contributed by atoms with Crippen molar-refractivity contribution in [2.24, 2.45) is 0 Å².